The summed E-state index contributed by atoms with van der Waals surface area (Å²) in [5, 5.41) is 9.20. The fraction of sp³-hybridized carbons (Fsp3) is 0.556. The molecule has 1 atom stereocenters. The Morgan fingerprint density at radius 3 is 2.30 bits per heavy atom. The normalized spacial score (nSPS) is 13.4. The molecule has 1 aromatic carbocycles. The third kappa shape index (κ3) is 7.68. The highest BCUT2D eigenvalue weighted by molar-refractivity contribution is 5.86. The summed E-state index contributed by atoms with van der Waals surface area (Å²) in [5.41, 5.74) is 2.32. The zero-order chi connectivity index (χ0) is 17.5. The van der Waals surface area contributed by atoms with Gasteiger partial charge in [0.15, 0.2) is 5.96 Å². The number of carbonyl (C=O) groups is 1. The second-order valence-corrected chi connectivity index (χ2v) is 6.92. The molecule has 1 rings (SSSR count). The number of amides is 1. The van der Waals surface area contributed by atoms with Crippen molar-refractivity contribution in [2.24, 2.45) is 4.99 Å². The maximum atomic E-state index is 11.8. The molecule has 0 fully saturated rings. The number of hydrogen-bond donors (Lipinski definition) is 3. The fourth-order valence-corrected chi connectivity index (χ4v) is 2.11. The Labute approximate surface area is 140 Å². The van der Waals surface area contributed by atoms with Crippen LogP contribution < -0.4 is 16.0 Å². The van der Waals surface area contributed by atoms with E-state index in [1.54, 1.807) is 7.05 Å². The van der Waals surface area contributed by atoms with E-state index in [0.29, 0.717) is 11.9 Å². The number of nitrogens with zero attached hydrogens (tertiary/aromatic N) is 1. The van der Waals surface area contributed by atoms with Crippen LogP contribution in [0.3, 0.4) is 0 Å². The van der Waals surface area contributed by atoms with Gasteiger partial charge in [0, 0.05) is 19.1 Å². The topological polar surface area (TPSA) is 65.5 Å². The first-order chi connectivity index (χ1) is 10.7. The van der Waals surface area contributed by atoms with Gasteiger partial charge in [-0.15, -0.1) is 0 Å². The average molecular weight is 318 g/mol. The van der Waals surface area contributed by atoms with E-state index in [2.05, 4.69) is 59.1 Å². The molecule has 0 bridgehead atoms. The molecule has 0 spiro atoms. The lowest BCUT2D eigenvalue weighted by Crippen LogP contribution is -2.48. The molecule has 5 nitrogen and oxygen atoms in total. The monoisotopic (exact) mass is 318 g/mol. The summed E-state index contributed by atoms with van der Waals surface area (Å²) in [5.74, 6) is 0.942. The third-order valence-electron chi connectivity index (χ3n) is 3.38. The first-order valence-corrected chi connectivity index (χ1v) is 8.03. The van der Waals surface area contributed by atoms with Crippen LogP contribution in [0.2, 0.25) is 0 Å². The van der Waals surface area contributed by atoms with E-state index in [1.807, 2.05) is 20.8 Å². The molecule has 0 saturated carbocycles. The van der Waals surface area contributed by atoms with E-state index >= 15 is 0 Å². The summed E-state index contributed by atoms with van der Waals surface area (Å²) >= 11 is 0. The Hall–Kier alpha value is -2.04. The van der Waals surface area contributed by atoms with Crippen LogP contribution in [0.25, 0.3) is 0 Å². The number of guanidine groups is 1. The number of carbonyl (C=O) groups excluding carboxylic acids is 1. The van der Waals surface area contributed by atoms with E-state index in [4.69, 9.17) is 0 Å². The second kappa shape index (κ2) is 8.56. The number of aliphatic imine (C=N–C) groups is 1. The van der Waals surface area contributed by atoms with Gasteiger partial charge < -0.3 is 16.0 Å². The summed E-state index contributed by atoms with van der Waals surface area (Å²) in [6, 6.07) is 8.54. The minimum Gasteiger partial charge on any atom is -0.356 e. The maximum absolute atomic E-state index is 11.8. The molecular formula is C18H30N4O. The standard InChI is InChI=1S/C18H30N4O/c1-13-7-9-15(10-8-13)14(2)11-20-17(19-6)21-12-16(23)22-18(3,4)5/h7-10,14H,11-12H2,1-6H3,(H,22,23)(H2,19,20,21). The van der Waals surface area contributed by atoms with Crippen LogP contribution in [-0.2, 0) is 4.79 Å². The van der Waals surface area contributed by atoms with Crippen LogP contribution in [0.15, 0.2) is 29.3 Å². The Kier molecular flexibility index (Phi) is 7.07. The summed E-state index contributed by atoms with van der Waals surface area (Å²) < 4.78 is 0. The zero-order valence-corrected chi connectivity index (χ0v) is 15.2. The Morgan fingerprint density at radius 1 is 1.17 bits per heavy atom. The van der Waals surface area contributed by atoms with Crippen LogP contribution in [-0.4, -0.2) is 37.5 Å². The molecule has 1 aromatic rings. The zero-order valence-electron chi connectivity index (χ0n) is 15.2. The number of benzene rings is 1. The van der Waals surface area contributed by atoms with Gasteiger partial charge in [-0.25, -0.2) is 0 Å². The Balaban J connectivity index is 2.42. The molecular weight excluding hydrogens is 288 g/mol. The molecule has 3 N–H and O–H groups in total. The van der Waals surface area contributed by atoms with Crippen molar-refractivity contribution < 1.29 is 4.79 Å². The smallest absolute Gasteiger partial charge is 0.239 e. The predicted octanol–water partition coefficient (Wildman–Crippen LogP) is 2.18. The second-order valence-electron chi connectivity index (χ2n) is 6.92. The van der Waals surface area contributed by atoms with Crippen LogP contribution >= 0.6 is 0 Å². The van der Waals surface area contributed by atoms with Crippen molar-refractivity contribution in [2.75, 3.05) is 20.1 Å². The molecule has 0 radical (unpaired) electrons. The van der Waals surface area contributed by atoms with Gasteiger partial charge in [-0.2, -0.15) is 0 Å². The average Bonchev–Trinajstić information content (AvgIpc) is 2.46. The molecule has 0 aromatic heterocycles. The van der Waals surface area contributed by atoms with Gasteiger partial charge in [0.05, 0.1) is 6.54 Å². The molecule has 0 aliphatic heterocycles. The molecule has 5 heteroatoms. The molecule has 0 aliphatic rings. The first kappa shape index (κ1) is 19.0. The largest absolute Gasteiger partial charge is 0.356 e. The van der Waals surface area contributed by atoms with Crippen molar-refractivity contribution in [2.45, 2.75) is 46.1 Å². The summed E-state index contributed by atoms with van der Waals surface area (Å²) in [4.78, 5) is 16.0. The quantitative estimate of drug-likeness (QED) is 0.576. The van der Waals surface area contributed by atoms with E-state index in [0.717, 1.165) is 6.54 Å². The molecule has 128 valence electrons. The van der Waals surface area contributed by atoms with Gasteiger partial charge in [0.25, 0.3) is 0 Å². The summed E-state index contributed by atoms with van der Waals surface area (Å²) in [7, 11) is 1.70. The van der Waals surface area contributed by atoms with Crippen molar-refractivity contribution in [1.82, 2.24) is 16.0 Å². The van der Waals surface area contributed by atoms with Gasteiger partial charge in [-0.3, -0.25) is 9.79 Å². The van der Waals surface area contributed by atoms with Crippen LogP contribution in [0.4, 0.5) is 0 Å². The van der Waals surface area contributed by atoms with Crippen molar-refractivity contribution >= 4 is 11.9 Å². The fourth-order valence-electron chi connectivity index (χ4n) is 2.11. The highest BCUT2D eigenvalue weighted by Gasteiger charge is 2.14. The van der Waals surface area contributed by atoms with E-state index < -0.39 is 0 Å². The summed E-state index contributed by atoms with van der Waals surface area (Å²) in [6.07, 6.45) is 0. The molecule has 23 heavy (non-hydrogen) atoms. The molecule has 0 aliphatic carbocycles. The number of hydrogen-bond acceptors (Lipinski definition) is 2. The Bertz CT molecular complexity index is 529. The SMILES string of the molecule is CN=C(NCC(=O)NC(C)(C)C)NCC(C)c1ccc(C)cc1. The number of rotatable bonds is 5. The predicted molar refractivity (Wildman–Crippen MR) is 96.9 cm³/mol. The molecule has 1 unspecified atom stereocenters. The van der Waals surface area contributed by atoms with Gasteiger partial charge in [0.1, 0.15) is 0 Å². The number of nitrogens with one attached hydrogen (secondary N) is 3. The molecule has 0 saturated heterocycles. The van der Waals surface area contributed by atoms with Crippen molar-refractivity contribution in [3.63, 3.8) is 0 Å². The van der Waals surface area contributed by atoms with Gasteiger partial charge in [0.2, 0.25) is 5.91 Å². The van der Waals surface area contributed by atoms with Gasteiger partial charge in [-0.05, 0) is 39.2 Å². The highest BCUT2D eigenvalue weighted by Crippen LogP contribution is 2.14. The summed E-state index contributed by atoms with van der Waals surface area (Å²) in [6.45, 7) is 11.1. The lowest BCUT2D eigenvalue weighted by Gasteiger charge is -2.21. The van der Waals surface area contributed by atoms with Crippen molar-refractivity contribution in [1.29, 1.82) is 0 Å². The number of aryl methyl sites for hydroxylation is 1. The van der Waals surface area contributed by atoms with Crippen molar-refractivity contribution in [3.8, 4) is 0 Å². The minimum absolute atomic E-state index is 0.0490. The van der Waals surface area contributed by atoms with Crippen LogP contribution in [0.1, 0.15) is 44.7 Å². The molecule has 0 heterocycles. The van der Waals surface area contributed by atoms with Gasteiger partial charge >= 0.3 is 0 Å². The first-order valence-electron chi connectivity index (χ1n) is 8.03. The van der Waals surface area contributed by atoms with Crippen LogP contribution in [0, 0.1) is 6.92 Å². The lowest BCUT2D eigenvalue weighted by atomic mass is 10.0. The maximum Gasteiger partial charge on any atom is 0.239 e. The molecule has 1 amide bonds. The Morgan fingerprint density at radius 2 is 1.78 bits per heavy atom. The van der Waals surface area contributed by atoms with Gasteiger partial charge in [-0.1, -0.05) is 36.8 Å². The van der Waals surface area contributed by atoms with E-state index in [-0.39, 0.29) is 18.0 Å². The minimum atomic E-state index is -0.227. The lowest BCUT2D eigenvalue weighted by molar-refractivity contribution is -0.121. The third-order valence-corrected chi connectivity index (χ3v) is 3.38. The van der Waals surface area contributed by atoms with E-state index in [1.165, 1.54) is 11.1 Å². The van der Waals surface area contributed by atoms with Crippen molar-refractivity contribution in [3.05, 3.63) is 35.4 Å². The highest BCUT2D eigenvalue weighted by atomic mass is 16.2. The van der Waals surface area contributed by atoms with Crippen LogP contribution in [0.5, 0.6) is 0 Å². The van der Waals surface area contributed by atoms with E-state index in [9.17, 15) is 4.79 Å².